The Labute approximate surface area is 159 Å². The molecular weight excluding hydrogens is 383 g/mol. The van der Waals surface area contributed by atoms with Gasteiger partial charge in [0.15, 0.2) is 0 Å². The van der Waals surface area contributed by atoms with Crippen LogP contribution in [0.5, 0.6) is 11.5 Å². The molecule has 2 aromatic carbocycles. The summed E-state index contributed by atoms with van der Waals surface area (Å²) >= 11 is 5.79. The number of hydrogen-bond donors (Lipinski definition) is 1. The van der Waals surface area contributed by atoms with E-state index in [1.165, 1.54) is 28.4 Å². The lowest BCUT2D eigenvalue weighted by molar-refractivity contribution is -0.137. The number of nitrogens with zero attached hydrogens (tertiary/aromatic N) is 3. The fraction of sp³-hybridized carbons (Fsp3) is 0.278. The van der Waals surface area contributed by atoms with Crippen LogP contribution in [0.25, 0.3) is 0 Å². The van der Waals surface area contributed by atoms with Gasteiger partial charge in [-0.25, -0.2) is 0 Å². The molecule has 1 N–H and O–H groups in total. The lowest BCUT2D eigenvalue weighted by Crippen LogP contribution is -2.32. The summed E-state index contributed by atoms with van der Waals surface area (Å²) in [5.41, 5.74) is -0.873. The van der Waals surface area contributed by atoms with Crippen LogP contribution >= 0.6 is 11.6 Å². The third-order valence-corrected chi connectivity index (χ3v) is 4.03. The zero-order valence-electron chi connectivity index (χ0n) is 14.3. The van der Waals surface area contributed by atoms with Crippen molar-refractivity contribution in [2.75, 3.05) is 18.1 Å². The van der Waals surface area contributed by atoms with E-state index in [4.69, 9.17) is 16.3 Å². The Morgan fingerprint density at radius 2 is 1.85 bits per heavy atom. The zero-order valence-corrected chi connectivity index (χ0v) is 15.1. The Morgan fingerprint density at radius 3 is 2.48 bits per heavy atom. The van der Waals surface area contributed by atoms with Crippen molar-refractivity contribution in [1.82, 2.24) is 5.01 Å². The van der Waals surface area contributed by atoms with Crippen molar-refractivity contribution >= 4 is 23.6 Å². The van der Waals surface area contributed by atoms with Gasteiger partial charge in [0.2, 0.25) is 0 Å². The molecule has 0 radical (unpaired) electrons. The minimum Gasteiger partial charge on any atom is -0.457 e. The molecule has 0 saturated heterocycles. The monoisotopic (exact) mass is 399 g/mol. The number of rotatable bonds is 5. The van der Waals surface area contributed by atoms with E-state index >= 15 is 0 Å². The Balaban J connectivity index is 1.85. The minimum atomic E-state index is -4.57. The van der Waals surface area contributed by atoms with Crippen molar-refractivity contribution in [1.29, 1.82) is 0 Å². The van der Waals surface area contributed by atoms with Gasteiger partial charge in [-0.2, -0.15) is 18.3 Å². The summed E-state index contributed by atoms with van der Waals surface area (Å²) in [6.45, 7) is 1.93. The van der Waals surface area contributed by atoms with Crippen LogP contribution in [0.3, 0.4) is 0 Å². The van der Waals surface area contributed by atoms with E-state index in [0.29, 0.717) is 10.8 Å². The molecule has 2 aromatic rings. The van der Waals surface area contributed by atoms with Crippen molar-refractivity contribution < 1.29 is 23.0 Å². The highest BCUT2D eigenvalue weighted by molar-refractivity contribution is 6.30. The SMILES string of the molecule is CC(O)CN1CN(c2ccc(Oc3ccc(Cl)cc3)cc2C(F)(F)F)C=N1. The van der Waals surface area contributed by atoms with Crippen LogP contribution in [0.1, 0.15) is 12.5 Å². The molecule has 1 aliphatic rings. The summed E-state index contributed by atoms with van der Waals surface area (Å²) in [5, 5.41) is 15.4. The fourth-order valence-corrected chi connectivity index (χ4v) is 2.75. The third-order valence-electron chi connectivity index (χ3n) is 3.78. The van der Waals surface area contributed by atoms with Crippen molar-refractivity contribution in [3.63, 3.8) is 0 Å². The molecule has 1 atom stereocenters. The molecule has 0 spiro atoms. The highest BCUT2D eigenvalue weighted by atomic mass is 35.5. The largest absolute Gasteiger partial charge is 0.457 e. The number of anilines is 1. The van der Waals surface area contributed by atoms with E-state index in [1.807, 2.05) is 0 Å². The molecule has 0 fully saturated rings. The molecule has 0 amide bonds. The number of benzene rings is 2. The third kappa shape index (κ3) is 4.84. The molecule has 0 saturated carbocycles. The van der Waals surface area contributed by atoms with Gasteiger partial charge in [-0.3, -0.25) is 5.01 Å². The van der Waals surface area contributed by atoms with E-state index in [2.05, 4.69) is 5.10 Å². The minimum absolute atomic E-state index is 0.0391. The summed E-state index contributed by atoms with van der Waals surface area (Å²) in [6.07, 6.45) is -3.90. The van der Waals surface area contributed by atoms with Gasteiger partial charge in [0.05, 0.1) is 23.9 Å². The average Bonchev–Trinajstić information content (AvgIpc) is 3.04. The van der Waals surface area contributed by atoms with E-state index in [1.54, 1.807) is 31.2 Å². The predicted molar refractivity (Wildman–Crippen MR) is 97.2 cm³/mol. The first-order valence-electron chi connectivity index (χ1n) is 8.11. The number of ether oxygens (including phenoxy) is 1. The molecular formula is C18H17ClF3N3O2. The Morgan fingerprint density at radius 1 is 1.19 bits per heavy atom. The molecule has 1 aliphatic heterocycles. The van der Waals surface area contributed by atoms with Crippen LogP contribution in [0, 0.1) is 0 Å². The predicted octanol–water partition coefficient (Wildman–Crippen LogP) is 4.55. The van der Waals surface area contributed by atoms with Gasteiger partial charge in [-0.05, 0) is 49.4 Å². The van der Waals surface area contributed by atoms with Crippen molar-refractivity contribution in [3.05, 3.63) is 53.1 Å². The van der Waals surface area contributed by atoms with Crippen LogP contribution in [0.15, 0.2) is 47.6 Å². The highest BCUT2D eigenvalue weighted by Crippen LogP contribution is 2.40. The van der Waals surface area contributed by atoms with Gasteiger partial charge in [0.1, 0.15) is 24.5 Å². The van der Waals surface area contributed by atoms with Crippen molar-refractivity contribution in [2.24, 2.45) is 5.10 Å². The average molecular weight is 400 g/mol. The number of aliphatic hydroxyl groups excluding tert-OH is 1. The molecule has 144 valence electrons. The fourth-order valence-electron chi connectivity index (χ4n) is 2.63. The summed E-state index contributed by atoms with van der Waals surface area (Å²) < 4.78 is 46.3. The zero-order chi connectivity index (χ0) is 19.6. The first-order valence-corrected chi connectivity index (χ1v) is 8.48. The lowest BCUT2D eigenvalue weighted by atomic mass is 10.1. The number of halogens is 4. The molecule has 0 aromatic heterocycles. The van der Waals surface area contributed by atoms with Crippen LogP contribution in [-0.4, -0.2) is 35.8 Å². The summed E-state index contributed by atoms with van der Waals surface area (Å²) in [6, 6.07) is 10.1. The highest BCUT2D eigenvalue weighted by Gasteiger charge is 2.36. The molecule has 0 bridgehead atoms. The molecule has 1 heterocycles. The molecule has 3 rings (SSSR count). The summed E-state index contributed by atoms with van der Waals surface area (Å²) in [4.78, 5) is 1.37. The maximum Gasteiger partial charge on any atom is 0.418 e. The smallest absolute Gasteiger partial charge is 0.418 e. The number of β-amino-alcohol motifs (C(OH)–C–C–N with tert-alkyl or cyclic N) is 1. The Bertz CT molecular complexity index is 826. The number of hydrazone groups is 1. The van der Waals surface area contributed by atoms with Gasteiger partial charge >= 0.3 is 6.18 Å². The van der Waals surface area contributed by atoms with Crippen LogP contribution < -0.4 is 9.64 Å². The molecule has 1 unspecified atom stereocenters. The molecule has 27 heavy (non-hydrogen) atoms. The number of hydrogen-bond acceptors (Lipinski definition) is 5. The maximum absolute atomic E-state index is 13.6. The second-order valence-electron chi connectivity index (χ2n) is 6.11. The van der Waals surface area contributed by atoms with Crippen molar-refractivity contribution in [2.45, 2.75) is 19.2 Å². The van der Waals surface area contributed by atoms with Crippen LogP contribution in [0.2, 0.25) is 5.02 Å². The van der Waals surface area contributed by atoms with Crippen LogP contribution in [-0.2, 0) is 6.18 Å². The van der Waals surface area contributed by atoms with E-state index in [-0.39, 0.29) is 24.7 Å². The lowest BCUT2D eigenvalue weighted by Gasteiger charge is -2.23. The van der Waals surface area contributed by atoms with Gasteiger partial charge in [0, 0.05) is 5.02 Å². The maximum atomic E-state index is 13.6. The van der Waals surface area contributed by atoms with Gasteiger partial charge in [0.25, 0.3) is 0 Å². The molecule has 9 heteroatoms. The second kappa shape index (κ2) is 7.66. The molecule has 5 nitrogen and oxygen atoms in total. The Kier molecular flexibility index (Phi) is 5.48. The first kappa shape index (κ1) is 19.3. The summed E-state index contributed by atoms with van der Waals surface area (Å²) in [7, 11) is 0. The normalized spacial score (nSPS) is 15.3. The quantitative estimate of drug-likeness (QED) is 0.801. The number of alkyl halides is 3. The standard InChI is InChI=1S/C18H17ClF3N3O2/c1-12(26)9-25-11-24(10-23-25)17-7-6-15(8-16(17)18(20,21)22)27-14-4-2-13(19)3-5-14/h2-8,10,12,26H,9,11H2,1H3. The number of aliphatic hydroxyl groups is 1. The Hall–Kier alpha value is -2.45. The van der Waals surface area contributed by atoms with E-state index in [9.17, 15) is 18.3 Å². The van der Waals surface area contributed by atoms with E-state index < -0.39 is 17.8 Å². The molecule has 0 aliphatic carbocycles. The topological polar surface area (TPSA) is 48.3 Å². The van der Waals surface area contributed by atoms with Crippen LogP contribution in [0.4, 0.5) is 18.9 Å². The summed E-state index contributed by atoms with van der Waals surface area (Å²) in [5.74, 6) is 0.441. The van der Waals surface area contributed by atoms with Gasteiger partial charge < -0.3 is 14.7 Å². The van der Waals surface area contributed by atoms with Crippen molar-refractivity contribution in [3.8, 4) is 11.5 Å². The van der Waals surface area contributed by atoms with E-state index in [0.717, 1.165) is 6.07 Å². The van der Waals surface area contributed by atoms with Gasteiger partial charge in [-0.15, -0.1) is 0 Å². The first-order chi connectivity index (χ1) is 12.7. The van der Waals surface area contributed by atoms with Gasteiger partial charge in [-0.1, -0.05) is 11.6 Å². The second-order valence-corrected chi connectivity index (χ2v) is 6.55.